The normalized spacial score (nSPS) is 10.4. The number of hydrogen-bond acceptors (Lipinski definition) is 3. The standard InChI is InChI=1S/C8H10N2O/c1-7-3-4-8(5-9-7)6-10-11-2/h3-6H,1-2H3. The zero-order valence-corrected chi connectivity index (χ0v) is 6.61. The zero-order valence-electron chi connectivity index (χ0n) is 6.61. The first kappa shape index (κ1) is 7.72. The first-order chi connectivity index (χ1) is 5.33. The van der Waals surface area contributed by atoms with Gasteiger partial charge in [0.1, 0.15) is 7.11 Å². The Morgan fingerprint density at radius 3 is 2.91 bits per heavy atom. The van der Waals surface area contributed by atoms with E-state index in [1.165, 1.54) is 7.11 Å². The van der Waals surface area contributed by atoms with Crippen molar-refractivity contribution in [2.45, 2.75) is 6.92 Å². The Morgan fingerprint density at radius 2 is 2.36 bits per heavy atom. The highest BCUT2D eigenvalue weighted by Crippen LogP contribution is 1.95. The molecule has 0 saturated heterocycles. The highest BCUT2D eigenvalue weighted by molar-refractivity contribution is 5.78. The molecule has 0 unspecified atom stereocenters. The predicted octanol–water partition coefficient (Wildman–Crippen LogP) is 1.37. The molecule has 1 heterocycles. The second-order valence-corrected chi connectivity index (χ2v) is 2.15. The van der Waals surface area contributed by atoms with Crippen LogP contribution in [-0.2, 0) is 4.84 Å². The summed E-state index contributed by atoms with van der Waals surface area (Å²) in [6.07, 6.45) is 3.37. The van der Waals surface area contributed by atoms with Gasteiger partial charge in [0.15, 0.2) is 0 Å². The topological polar surface area (TPSA) is 34.5 Å². The van der Waals surface area contributed by atoms with Crippen LogP contribution in [-0.4, -0.2) is 18.3 Å². The molecular formula is C8H10N2O. The van der Waals surface area contributed by atoms with Crippen LogP contribution < -0.4 is 0 Å². The summed E-state index contributed by atoms with van der Waals surface area (Å²) in [5.41, 5.74) is 1.94. The van der Waals surface area contributed by atoms with E-state index in [-0.39, 0.29) is 0 Å². The molecule has 0 aliphatic carbocycles. The van der Waals surface area contributed by atoms with Gasteiger partial charge >= 0.3 is 0 Å². The van der Waals surface area contributed by atoms with Crippen molar-refractivity contribution in [3.8, 4) is 0 Å². The smallest absolute Gasteiger partial charge is 0.106 e. The van der Waals surface area contributed by atoms with E-state index < -0.39 is 0 Å². The van der Waals surface area contributed by atoms with Crippen LogP contribution in [0.4, 0.5) is 0 Å². The van der Waals surface area contributed by atoms with Crippen LogP contribution in [0.1, 0.15) is 11.3 Å². The lowest BCUT2D eigenvalue weighted by molar-refractivity contribution is 0.215. The van der Waals surface area contributed by atoms with E-state index in [4.69, 9.17) is 0 Å². The van der Waals surface area contributed by atoms with Crippen molar-refractivity contribution in [2.24, 2.45) is 5.16 Å². The van der Waals surface area contributed by atoms with Crippen molar-refractivity contribution in [3.63, 3.8) is 0 Å². The molecule has 0 radical (unpaired) electrons. The molecule has 11 heavy (non-hydrogen) atoms. The van der Waals surface area contributed by atoms with Gasteiger partial charge < -0.3 is 4.84 Å². The number of nitrogens with zero attached hydrogens (tertiary/aromatic N) is 2. The maximum atomic E-state index is 4.52. The van der Waals surface area contributed by atoms with Gasteiger partial charge in [0.2, 0.25) is 0 Å². The Morgan fingerprint density at radius 1 is 1.55 bits per heavy atom. The molecular weight excluding hydrogens is 140 g/mol. The molecule has 1 aromatic rings. The summed E-state index contributed by atoms with van der Waals surface area (Å²) in [5.74, 6) is 0. The third-order valence-electron chi connectivity index (χ3n) is 1.24. The van der Waals surface area contributed by atoms with Gasteiger partial charge in [-0.3, -0.25) is 4.98 Å². The fourth-order valence-electron chi connectivity index (χ4n) is 0.669. The molecule has 3 nitrogen and oxygen atoms in total. The Balaban J connectivity index is 2.73. The van der Waals surface area contributed by atoms with Crippen molar-refractivity contribution in [2.75, 3.05) is 7.11 Å². The molecule has 0 aliphatic rings. The van der Waals surface area contributed by atoms with Gasteiger partial charge in [0.25, 0.3) is 0 Å². The lowest BCUT2D eigenvalue weighted by Gasteiger charge is -1.91. The molecule has 1 aromatic heterocycles. The zero-order chi connectivity index (χ0) is 8.10. The number of oxime groups is 1. The van der Waals surface area contributed by atoms with Crippen LogP contribution in [0.5, 0.6) is 0 Å². The van der Waals surface area contributed by atoms with E-state index in [1.54, 1.807) is 12.4 Å². The van der Waals surface area contributed by atoms with Gasteiger partial charge in [-0.15, -0.1) is 0 Å². The van der Waals surface area contributed by atoms with Gasteiger partial charge in [-0.2, -0.15) is 0 Å². The maximum Gasteiger partial charge on any atom is 0.106 e. The van der Waals surface area contributed by atoms with E-state index in [9.17, 15) is 0 Å². The number of hydrogen-bond donors (Lipinski definition) is 0. The quantitative estimate of drug-likeness (QED) is 0.471. The van der Waals surface area contributed by atoms with E-state index in [0.29, 0.717) is 0 Å². The van der Waals surface area contributed by atoms with Crippen molar-refractivity contribution in [3.05, 3.63) is 29.6 Å². The summed E-state index contributed by atoms with van der Waals surface area (Å²) in [6, 6.07) is 3.86. The molecule has 0 spiro atoms. The minimum atomic E-state index is 0.942. The molecule has 0 saturated carbocycles. The van der Waals surface area contributed by atoms with Gasteiger partial charge in [-0.05, 0) is 19.1 Å². The molecule has 0 fully saturated rings. The monoisotopic (exact) mass is 150 g/mol. The largest absolute Gasteiger partial charge is 0.399 e. The Kier molecular flexibility index (Phi) is 2.60. The molecule has 3 heteroatoms. The lowest BCUT2D eigenvalue weighted by atomic mass is 10.3. The molecule has 58 valence electrons. The van der Waals surface area contributed by atoms with Gasteiger partial charge in [-0.25, -0.2) is 0 Å². The van der Waals surface area contributed by atoms with Crippen LogP contribution in [0.2, 0.25) is 0 Å². The number of pyridine rings is 1. The predicted molar refractivity (Wildman–Crippen MR) is 43.6 cm³/mol. The highest BCUT2D eigenvalue weighted by atomic mass is 16.6. The number of aryl methyl sites for hydroxylation is 1. The minimum Gasteiger partial charge on any atom is -0.399 e. The van der Waals surface area contributed by atoms with Crippen LogP contribution in [0, 0.1) is 6.92 Å². The van der Waals surface area contributed by atoms with Crippen LogP contribution in [0.3, 0.4) is 0 Å². The van der Waals surface area contributed by atoms with Crippen molar-refractivity contribution in [1.82, 2.24) is 4.98 Å². The van der Waals surface area contributed by atoms with Crippen LogP contribution >= 0.6 is 0 Å². The van der Waals surface area contributed by atoms with Crippen molar-refractivity contribution in [1.29, 1.82) is 0 Å². The Bertz CT molecular complexity index is 241. The van der Waals surface area contributed by atoms with E-state index in [1.807, 2.05) is 19.1 Å². The average Bonchev–Trinajstić information content (AvgIpc) is 2.04. The third-order valence-corrected chi connectivity index (χ3v) is 1.24. The second kappa shape index (κ2) is 3.71. The highest BCUT2D eigenvalue weighted by Gasteiger charge is 1.86. The first-order valence-corrected chi connectivity index (χ1v) is 3.32. The fourth-order valence-corrected chi connectivity index (χ4v) is 0.669. The van der Waals surface area contributed by atoms with Crippen molar-refractivity contribution < 1.29 is 4.84 Å². The molecule has 0 aromatic carbocycles. The van der Waals surface area contributed by atoms with E-state index in [0.717, 1.165) is 11.3 Å². The maximum absolute atomic E-state index is 4.52. The summed E-state index contributed by atoms with van der Waals surface area (Å²) in [4.78, 5) is 8.60. The average molecular weight is 150 g/mol. The van der Waals surface area contributed by atoms with Gasteiger partial charge in [-0.1, -0.05) is 5.16 Å². The van der Waals surface area contributed by atoms with Crippen molar-refractivity contribution >= 4 is 6.21 Å². The molecule has 1 rings (SSSR count). The summed E-state index contributed by atoms with van der Waals surface area (Å²) < 4.78 is 0. The molecule has 0 aliphatic heterocycles. The number of rotatable bonds is 2. The first-order valence-electron chi connectivity index (χ1n) is 3.32. The van der Waals surface area contributed by atoms with E-state index >= 15 is 0 Å². The van der Waals surface area contributed by atoms with Gasteiger partial charge in [0, 0.05) is 17.5 Å². The molecule has 0 N–H and O–H groups in total. The third kappa shape index (κ3) is 2.37. The molecule has 0 bridgehead atoms. The minimum absolute atomic E-state index is 0.942. The Hall–Kier alpha value is -1.38. The SMILES string of the molecule is CON=Cc1ccc(C)nc1. The van der Waals surface area contributed by atoms with Gasteiger partial charge in [0.05, 0.1) is 6.21 Å². The van der Waals surface area contributed by atoms with E-state index in [2.05, 4.69) is 15.0 Å². The Labute approximate surface area is 65.7 Å². The number of aromatic nitrogens is 1. The summed E-state index contributed by atoms with van der Waals surface area (Å²) in [7, 11) is 1.51. The molecule has 0 atom stereocenters. The summed E-state index contributed by atoms with van der Waals surface area (Å²) in [6.45, 7) is 1.94. The summed E-state index contributed by atoms with van der Waals surface area (Å²) >= 11 is 0. The second-order valence-electron chi connectivity index (χ2n) is 2.15. The van der Waals surface area contributed by atoms with Crippen LogP contribution in [0.25, 0.3) is 0 Å². The fraction of sp³-hybridized carbons (Fsp3) is 0.250. The molecule has 0 amide bonds. The van der Waals surface area contributed by atoms with Crippen LogP contribution in [0.15, 0.2) is 23.5 Å². The summed E-state index contributed by atoms with van der Waals surface area (Å²) in [5, 5.41) is 3.61. The lowest BCUT2D eigenvalue weighted by Crippen LogP contribution is -1.85.